The van der Waals surface area contributed by atoms with E-state index in [1.807, 2.05) is 0 Å². The van der Waals surface area contributed by atoms with Crippen LogP contribution < -0.4 is 10.5 Å². The molecule has 0 aliphatic heterocycles. The Hall–Kier alpha value is -1.02. The van der Waals surface area contributed by atoms with Gasteiger partial charge in [0.1, 0.15) is 11.9 Å². The highest BCUT2D eigenvalue weighted by Gasteiger charge is 2.54. The molecule has 0 saturated heterocycles. The van der Waals surface area contributed by atoms with Crippen molar-refractivity contribution in [2.75, 3.05) is 0 Å². The lowest BCUT2D eigenvalue weighted by Gasteiger charge is -2.56. The van der Waals surface area contributed by atoms with Crippen molar-refractivity contribution in [2.24, 2.45) is 11.1 Å². The largest absolute Gasteiger partial charge is 0.490 e. The van der Waals surface area contributed by atoms with Crippen molar-refractivity contribution in [3.05, 3.63) is 29.8 Å². The van der Waals surface area contributed by atoms with E-state index in [1.165, 1.54) is 56.9 Å². The zero-order valence-electron chi connectivity index (χ0n) is 13.3. The zero-order chi connectivity index (χ0) is 14.7. The molecule has 1 spiro atoms. The van der Waals surface area contributed by atoms with Gasteiger partial charge in [0.2, 0.25) is 0 Å². The lowest BCUT2D eigenvalue weighted by atomic mass is 9.55. The number of rotatable bonds is 5. The molecule has 2 aliphatic rings. The lowest BCUT2D eigenvalue weighted by Crippen LogP contribution is -2.64. The molecule has 0 bridgehead atoms. The molecule has 0 amide bonds. The molecule has 0 aromatic heterocycles. The standard InChI is InChI=1S/C19H29NO/c1-2-3-7-15-8-10-16(11-9-15)21-18-14-17(20)19(18)12-5-4-6-13-19/h8-11,17-18H,2-7,12-14,20H2,1H3. The van der Waals surface area contributed by atoms with Crippen LogP contribution in [0.25, 0.3) is 0 Å². The van der Waals surface area contributed by atoms with Crippen molar-refractivity contribution in [1.82, 2.24) is 0 Å². The molecular weight excluding hydrogens is 258 g/mol. The molecule has 1 aromatic rings. The van der Waals surface area contributed by atoms with E-state index in [0.717, 1.165) is 12.2 Å². The lowest BCUT2D eigenvalue weighted by molar-refractivity contribution is -0.0898. The highest BCUT2D eigenvalue weighted by Crippen LogP contribution is 2.52. The van der Waals surface area contributed by atoms with Crippen molar-refractivity contribution in [3.63, 3.8) is 0 Å². The maximum absolute atomic E-state index is 6.33. The Morgan fingerprint density at radius 3 is 2.48 bits per heavy atom. The number of unbranched alkanes of at least 4 members (excludes halogenated alkanes) is 1. The Balaban J connectivity index is 1.61. The normalized spacial score (nSPS) is 27.3. The molecule has 2 unspecified atom stereocenters. The number of aryl methyl sites for hydroxylation is 1. The Kier molecular flexibility index (Phi) is 4.54. The number of hydrogen-bond acceptors (Lipinski definition) is 2. The summed E-state index contributed by atoms with van der Waals surface area (Å²) in [5, 5.41) is 0. The Labute approximate surface area is 129 Å². The van der Waals surface area contributed by atoms with E-state index in [1.54, 1.807) is 0 Å². The van der Waals surface area contributed by atoms with Gasteiger partial charge in [0.05, 0.1) is 0 Å². The molecule has 2 heteroatoms. The summed E-state index contributed by atoms with van der Waals surface area (Å²) in [5.74, 6) is 1.03. The third-order valence-electron chi connectivity index (χ3n) is 5.65. The summed E-state index contributed by atoms with van der Waals surface area (Å²) in [6, 6.07) is 9.08. The van der Waals surface area contributed by atoms with Crippen molar-refractivity contribution in [2.45, 2.75) is 76.9 Å². The van der Waals surface area contributed by atoms with Gasteiger partial charge >= 0.3 is 0 Å². The molecule has 2 saturated carbocycles. The van der Waals surface area contributed by atoms with Gasteiger partial charge < -0.3 is 10.5 Å². The topological polar surface area (TPSA) is 35.2 Å². The van der Waals surface area contributed by atoms with Gasteiger partial charge in [-0.2, -0.15) is 0 Å². The van der Waals surface area contributed by atoms with Gasteiger partial charge in [-0.3, -0.25) is 0 Å². The minimum Gasteiger partial charge on any atom is -0.490 e. The van der Waals surface area contributed by atoms with E-state index >= 15 is 0 Å². The van der Waals surface area contributed by atoms with Crippen LogP contribution in [0, 0.1) is 5.41 Å². The maximum Gasteiger partial charge on any atom is 0.119 e. The van der Waals surface area contributed by atoms with Gasteiger partial charge in [0.25, 0.3) is 0 Å². The predicted octanol–water partition coefficient (Wildman–Crippen LogP) is 4.46. The first kappa shape index (κ1) is 14.9. The van der Waals surface area contributed by atoms with E-state index in [-0.39, 0.29) is 5.41 Å². The van der Waals surface area contributed by atoms with Crippen LogP contribution in [-0.4, -0.2) is 12.1 Å². The monoisotopic (exact) mass is 287 g/mol. The van der Waals surface area contributed by atoms with Crippen LogP contribution in [0.4, 0.5) is 0 Å². The zero-order valence-corrected chi connectivity index (χ0v) is 13.3. The molecule has 2 N–H and O–H groups in total. The van der Waals surface area contributed by atoms with Gasteiger partial charge in [-0.05, 0) is 43.4 Å². The molecule has 21 heavy (non-hydrogen) atoms. The van der Waals surface area contributed by atoms with Crippen molar-refractivity contribution in [3.8, 4) is 5.75 Å². The highest BCUT2D eigenvalue weighted by molar-refractivity contribution is 5.28. The first-order chi connectivity index (χ1) is 10.2. The van der Waals surface area contributed by atoms with Crippen LogP contribution in [-0.2, 0) is 6.42 Å². The van der Waals surface area contributed by atoms with Crippen LogP contribution in [0.5, 0.6) is 5.75 Å². The van der Waals surface area contributed by atoms with Crippen LogP contribution >= 0.6 is 0 Å². The third kappa shape index (κ3) is 2.96. The second kappa shape index (κ2) is 6.39. The highest BCUT2D eigenvalue weighted by atomic mass is 16.5. The molecule has 2 fully saturated rings. The average molecular weight is 287 g/mol. The van der Waals surface area contributed by atoms with Crippen LogP contribution in [0.2, 0.25) is 0 Å². The molecule has 2 atom stereocenters. The summed E-state index contributed by atoms with van der Waals surface area (Å²) in [5.41, 5.74) is 8.03. The minimum absolute atomic E-state index is 0.277. The fraction of sp³-hybridized carbons (Fsp3) is 0.684. The molecule has 1 aromatic carbocycles. The van der Waals surface area contributed by atoms with Gasteiger partial charge in [-0.15, -0.1) is 0 Å². The van der Waals surface area contributed by atoms with E-state index in [9.17, 15) is 0 Å². The molecule has 0 heterocycles. The second-order valence-electron chi connectivity index (χ2n) is 6.99. The van der Waals surface area contributed by atoms with E-state index in [4.69, 9.17) is 10.5 Å². The molecular formula is C19H29NO. The first-order valence-corrected chi connectivity index (χ1v) is 8.76. The molecule has 2 aliphatic carbocycles. The van der Waals surface area contributed by atoms with E-state index < -0.39 is 0 Å². The summed E-state index contributed by atoms with van der Waals surface area (Å²) < 4.78 is 6.29. The van der Waals surface area contributed by atoms with Crippen molar-refractivity contribution in [1.29, 1.82) is 0 Å². The Bertz CT molecular complexity index is 447. The first-order valence-electron chi connectivity index (χ1n) is 8.76. The van der Waals surface area contributed by atoms with Crippen LogP contribution in [0.1, 0.15) is 63.9 Å². The number of hydrogen-bond donors (Lipinski definition) is 1. The summed E-state index contributed by atoms with van der Waals surface area (Å²) in [7, 11) is 0. The molecule has 2 nitrogen and oxygen atoms in total. The molecule has 0 radical (unpaired) electrons. The van der Waals surface area contributed by atoms with E-state index in [0.29, 0.717) is 12.1 Å². The van der Waals surface area contributed by atoms with Gasteiger partial charge in [0, 0.05) is 17.9 Å². The number of nitrogens with two attached hydrogens (primary N) is 1. The fourth-order valence-corrected chi connectivity index (χ4v) is 4.13. The van der Waals surface area contributed by atoms with E-state index in [2.05, 4.69) is 31.2 Å². The Morgan fingerprint density at radius 1 is 1.14 bits per heavy atom. The van der Waals surface area contributed by atoms with Crippen molar-refractivity contribution >= 4 is 0 Å². The molecule has 3 rings (SSSR count). The second-order valence-corrected chi connectivity index (χ2v) is 6.99. The SMILES string of the molecule is CCCCc1ccc(OC2CC(N)C23CCCCC3)cc1. The maximum atomic E-state index is 6.33. The van der Waals surface area contributed by atoms with Crippen molar-refractivity contribution < 1.29 is 4.74 Å². The third-order valence-corrected chi connectivity index (χ3v) is 5.65. The summed E-state index contributed by atoms with van der Waals surface area (Å²) in [4.78, 5) is 0. The van der Waals surface area contributed by atoms with Gasteiger partial charge in [0.15, 0.2) is 0 Å². The average Bonchev–Trinajstić information content (AvgIpc) is 2.54. The number of benzene rings is 1. The van der Waals surface area contributed by atoms with Gasteiger partial charge in [-0.25, -0.2) is 0 Å². The quantitative estimate of drug-likeness (QED) is 0.868. The summed E-state index contributed by atoms with van der Waals surface area (Å²) in [6.45, 7) is 2.24. The Morgan fingerprint density at radius 2 is 1.86 bits per heavy atom. The summed E-state index contributed by atoms with van der Waals surface area (Å²) in [6.07, 6.45) is 11.6. The molecule has 116 valence electrons. The number of ether oxygens (including phenoxy) is 1. The fourth-order valence-electron chi connectivity index (χ4n) is 4.13. The van der Waals surface area contributed by atoms with Crippen LogP contribution in [0.3, 0.4) is 0 Å². The summed E-state index contributed by atoms with van der Waals surface area (Å²) >= 11 is 0. The minimum atomic E-state index is 0.277. The predicted molar refractivity (Wildman–Crippen MR) is 87.6 cm³/mol. The van der Waals surface area contributed by atoms with Gasteiger partial charge in [-0.1, -0.05) is 44.7 Å². The van der Waals surface area contributed by atoms with Crippen LogP contribution in [0.15, 0.2) is 24.3 Å². The smallest absolute Gasteiger partial charge is 0.119 e.